The zero-order chi connectivity index (χ0) is 24.8. The Morgan fingerprint density at radius 3 is 2.34 bits per heavy atom. The number of H-pyrrole nitrogens is 1. The number of Topliss-reactive ketones (excluding diaryl/α,β-unsaturated/α-hetero) is 1. The standard InChI is InChI=1S/C30H33NO4/c1-21(32)23-9-13-26(14-10-23)35-25-11-7-22(8-12-25)19-30(2,3)17-15-24(33)20-34-29-6-4-5-28-27(29)16-18-31-28/h4-14,16,18,24,31,33H,15,17,19-20H2,1-3H3/t24-/m0/s1. The molecule has 1 atom stereocenters. The molecule has 0 saturated heterocycles. The van der Waals surface area contributed by atoms with E-state index < -0.39 is 6.10 Å². The van der Waals surface area contributed by atoms with Crippen molar-refractivity contribution in [1.29, 1.82) is 0 Å². The number of aromatic nitrogens is 1. The van der Waals surface area contributed by atoms with Gasteiger partial charge in [0.1, 0.15) is 23.9 Å². The van der Waals surface area contributed by atoms with Crippen molar-refractivity contribution in [2.45, 2.75) is 46.1 Å². The van der Waals surface area contributed by atoms with E-state index in [4.69, 9.17) is 9.47 Å². The molecule has 0 aliphatic rings. The van der Waals surface area contributed by atoms with Crippen molar-refractivity contribution in [3.05, 3.63) is 90.1 Å². The smallest absolute Gasteiger partial charge is 0.159 e. The molecule has 5 nitrogen and oxygen atoms in total. The molecule has 182 valence electrons. The summed E-state index contributed by atoms with van der Waals surface area (Å²) in [5.74, 6) is 2.29. The molecule has 1 heterocycles. The molecular formula is C30H33NO4. The first-order valence-electron chi connectivity index (χ1n) is 12.0. The van der Waals surface area contributed by atoms with Gasteiger partial charge in [-0.1, -0.05) is 32.0 Å². The molecule has 4 aromatic rings. The summed E-state index contributed by atoms with van der Waals surface area (Å²) in [7, 11) is 0. The molecule has 0 fully saturated rings. The lowest BCUT2D eigenvalue weighted by Crippen LogP contribution is -2.22. The number of benzene rings is 3. The Morgan fingerprint density at radius 2 is 1.66 bits per heavy atom. The van der Waals surface area contributed by atoms with Crippen molar-refractivity contribution in [2.75, 3.05) is 6.61 Å². The minimum absolute atomic E-state index is 0.0343. The van der Waals surface area contributed by atoms with Crippen LogP contribution in [0.1, 0.15) is 49.5 Å². The average molecular weight is 472 g/mol. The summed E-state index contributed by atoms with van der Waals surface area (Å²) in [6.07, 6.45) is 3.83. The first-order valence-corrected chi connectivity index (χ1v) is 12.0. The van der Waals surface area contributed by atoms with Crippen LogP contribution >= 0.6 is 0 Å². The number of ketones is 1. The summed E-state index contributed by atoms with van der Waals surface area (Å²) < 4.78 is 11.8. The lowest BCUT2D eigenvalue weighted by atomic mass is 9.81. The van der Waals surface area contributed by atoms with Crippen LogP contribution in [0, 0.1) is 5.41 Å². The molecule has 0 unspecified atom stereocenters. The SMILES string of the molecule is CC(=O)c1ccc(Oc2ccc(CC(C)(C)CC[C@H](O)COc3cccc4[nH]ccc34)cc2)cc1. The molecule has 4 rings (SSSR count). The summed E-state index contributed by atoms with van der Waals surface area (Å²) in [6, 6.07) is 23.1. The lowest BCUT2D eigenvalue weighted by molar-refractivity contribution is 0.0877. The monoisotopic (exact) mass is 471 g/mol. The molecule has 5 heteroatoms. The number of carbonyl (C=O) groups is 1. The zero-order valence-corrected chi connectivity index (χ0v) is 20.6. The Kier molecular flexibility index (Phi) is 7.57. The largest absolute Gasteiger partial charge is 0.490 e. The molecule has 0 amide bonds. The zero-order valence-electron chi connectivity index (χ0n) is 20.6. The molecule has 0 spiro atoms. The van der Waals surface area contributed by atoms with E-state index in [1.165, 1.54) is 5.56 Å². The van der Waals surface area contributed by atoms with E-state index in [2.05, 4.69) is 31.0 Å². The van der Waals surface area contributed by atoms with Crippen molar-refractivity contribution in [3.63, 3.8) is 0 Å². The van der Waals surface area contributed by atoms with Gasteiger partial charge in [-0.3, -0.25) is 4.79 Å². The molecular weight excluding hydrogens is 438 g/mol. The molecule has 3 aromatic carbocycles. The minimum atomic E-state index is -0.520. The fourth-order valence-electron chi connectivity index (χ4n) is 4.22. The number of nitrogens with one attached hydrogen (secondary N) is 1. The Bertz CT molecular complexity index is 1260. The van der Waals surface area contributed by atoms with Crippen LogP contribution in [-0.2, 0) is 6.42 Å². The second-order valence-corrected chi connectivity index (χ2v) is 9.87. The van der Waals surface area contributed by atoms with Gasteiger partial charge >= 0.3 is 0 Å². The van der Waals surface area contributed by atoms with E-state index in [1.807, 2.05) is 54.7 Å². The van der Waals surface area contributed by atoms with Crippen LogP contribution < -0.4 is 9.47 Å². The summed E-state index contributed by atoms with van der Waals surface area (Å²) in [6.45, 7) is 6.28. The maximum atomic E-state index is 11.4. The van der Waals surface area contributed by atoms with Gasteiger partial charge in [0.15, 0.2) is 5.78 Å². The summed E-state index contributed by atoms with van der Waals surface area (Å²) in [5, 5.41) is 11.5. The topological polar surface area (TPSA) is 71.6 Å². The predicted molar refractivity (Wildman–Crippen MR) is 139 cm³/mol. The molecule has 0 aliphatic heterocycles. The summed E-state index contributed by atoms with van der Waals surface area (Å²) in [5.41, 5.74) is 2.95. The van der Waals surface area contributed by atoms with Gasteiger partial charge in [-0.25, -0.2) is 0 Å². The summed E-state index contributed by atoms with van der Waals surface area (Å²) >= 11 is 0. The molecule has 2 N–H and O–H groups in total. The molecule has 0 aliphatic carbocycles. The highest BCUT2D eigenvalue weighted by molar-refractivity contribution is 5.94. The van der Waals surface area contributed by atoms with E-state index in [1.54, 1.807) is 19.1 Å². The highest BCUT2D eigenvalue weighted by Crippen LogP contribution is 2.30. The second kappa shape index (κ2) is 10.8. The van der Waals surface area contributed by atoms with Crippen LogP contribution in [0.5, 0.6) is 17.2 Å². The Balaban J connectivity index is 1.25. The molecule has 1 aromatic heterocycles. The average Bonchev–Trinajstić information content (AvgIpc) is 3.32. The number of aromatic amines is 1. The summed E-state index contributed by atoms with van der Waals surface area (Å²) in [4.78, 5) is 14.6. The Hall–Kier alpha value is -3.57. The van der Waals surface area contributed by atoms with Crippen LogP contribution in [-0.4, -0.2) is 28.6 Å². The molecule has 0 radical (unpaired) electrons. The number of ether oxygens (including phenoxy) is 2. The maximum Gasteiger partial charge on any atom is 0.159 e. The van der Waals surface area contributed by atoms with Crippen LogP contribution in [0.4, 0.5) is 0 Å². The molecule has 0 saturated carbocycles. The number of fused-ring (bicyclic) bond motifs is 1. The third kappa shape index (κ3) is 6.74. The predicted octanol–water partition coefficient (Wildman–Crippen LogP) is 6.95. The van der Waals surface area contributed by atoms with Gasteiger partial charge in [-0.05, 0) is 91.8 Å². The minimum Gasteiger partial charge on any atom is -0.490 e. The van der Waals surface area contributed by atoms with Crippen LogP contribution in [0.2, 0.25) is 0 Å². The van der Waals surface area contributed by atoms with Crippen molar-refractivity contribution in [3.8, 4) is 17.2 Å². The van der Waals surface area contributed by atoms with Gasteiger partial charge in [-0.15, -0.1) is 0 Å². The van der Waals surface area contributed by atoms with E-state index in [0.717, 1.165) is 35.2 Å². The van der Waals surface area contributed by atoms with Crippen LogP contribution in [0.25, 0.3) is 10.9 Å². The first-order chi connectivity index (χ1) is 16.8. The fourth-order valence-corrected chi connectivity index (χ4v) is 4.22. The lowest BCUT2D eigenvalue weighted by Gasteiger charge is -2.26. The van der Waals surface area contributed by atoms with Crippen molar-refractivity contribution in [2.24, 2.45) is 5.41 Å². The molecule has 0 bridgehead atoms. The quantitative estimate of drug-likeness (QED) is 0.232. The van der Waals surface area contributed by atoms with E-state index in [-0.39, 0.29) is 17.8 Å². The van der Waals surface area contributed by atoms with Gasteiger partial charge in [0, 0.05) is 22.7 Å². The second-order valence-electron chi connectivity index (χ2n) is 9.87. The van der Waals surface area contributed by atoms with E-state index in [9.17, 15) is 9.90 Å². The van der Waals surface area contributed by atoms with Gasteiger partial charge in [0.05, 0.1) is 6.10 Å². The third-order valence-electron chi connectivity index (χ3n) is 6.24. The van der Waals surface area contributed by atoms with Crippen LogP contribution in [0.3, 0.4) is 0 Å². The van der Waals surface area contributed by atoms with Crippen molar-refractivity contribution in [1.82, 2.24) is 4.98 Å². The number of carbonyl (C=O) groups excluding carboxylic acids is 1. The third-order valence-corrected chi connectivity index (χ3v) is 6.24. The van der Waals surface area contributed by atoms with Gasteiger partial charge in [0.25, 0.3) is 0 Å². The number of hydrogen-bond acceptors (Lipinski definition) is 4. The van der Waals surface area contributed by atoms with E-state index in [0.29, 0.717) is 17.7 Å². The number of aliphatic hydroxyl groups excluding tert-OH is 1. The van der Waals surface area contributed by atoms with Gasteiger partial charge < -0.3 is 19.6 Å². The normalized spacial score (nSPS) is 12.5. The van der Waals surface area contributed by atoms with E-state index >= 15 is 0 Å². The van der Waals surface area contributed by atoms with Crippen molar-refractivity contribution >= 4 is 16.7 Å². The Morgan fingerprint density at radius 1 is 0.971 bits per heavy atom. The maximum absolute atomic E-state index is 11.4. The highest BCUT2D eigenvalue weighted by atomic mass is 16.5. The number of rotatable bonds is 11. The first kappa shape index (κ1) is 24.6. The van der Waals surface area contributed by atoms with Crippen LogP contribution in [0.15, 0.2) is 79.0 Å². The van der Waals surface area contributed by atoms with Gasteiger partial charge in [0.2, 0.25) is 0 Å². The number of hydrogen-bond donors (Lipinski definition) is 2. The van der Waals surface area contributed by atoms with Gasteiger partial charge in [-0.2, -0.15) is 0 Å². The number of aliphatic hydroxyl groups is 1. The molecule has 35 heavy (non-hydrogen) atoms. The van der Waals surface area contributed by atoms with Crippen molar-refractivity contribution < 1.29 is 19.4 Å². The fraction of sp³-hybridized carbons (Fsp3) is 0.300. The Labute approximate surface area is 206 Å². The highest BCUT2D eigenvalue weighted by Gasteiger charge is 2.21.